The van der Waals surface area contributed by atoms with Gasteiger partial charge in [-0.05, 0) is 12.8 Å². The molecule has 3 nitrogen and oxygen atoms in total. The molecular weight excluding hydrogens is 190 g/mol. The van der Waals surface area contributed by atoms with Gasteiger partial charge in [0.1, 0.15) is 6.04 Å². The van der Waals surface area contributed by atoms with E-state index in [0.29, 0.717) is 0 Å². The number of carbonyl (C=O) groups excluding carboxylic acids is 1. The molecule has 0 spiro atoms. The Bertz CT molecular complexity index is 220. The zero-order chi connectivity index (χ0) is 11.7. The minimum absolute atomic E-state index is 0.0500. The lowest BCUT2D eigenvalue weighted by molar-refractivity contribution is -0.143. The number of rotatable bonds is 7. The maximum atomic E-state index is 11.4. The van der Waals surface area contributed by atoms with Gasteiger partial charge < -0.3 is 4.74 Å². The van der Waals surface area contributed by atoms with Crippen molar-refractivity contribution < 1.29 is 9.53 Å². The van der Waals surface area contributed by atoms with E-state index >= 15 is 0 Å². The van der Waals surface area contributed by atoms with Crippen molar-refractivity contribution in [2.45, 2.75) is 51.6 Å². The Morgan fingerprint density at radius 3 is 2.60 bits per heavy atom. The van der Waals surface area contributed by atoms with E-state index in [2.05, 4.69) is 18.2 Å². The molecule has 3 heteroatoms. The highest BCUT2D eigenvalue weighted by Crippen LogP contribution is 2.04. The predicted octanol–water partition coefficient (Wildman–Crippen LogP) is 1.72. The second-order valence-corrected chi connectivity index (χ2v) is 3.51. The number of methoxy groups -OCH3 is 1. The molecule has 0 heterocycles. The molecule has 0 aliphatic heterocycles. The van der Waals surface area contributed by atoms with Crippen LogP contribution in [0.15, 0.2) is 0 Å². The van der Waals surface area contributed by atoms with Crippen LogP contribution in [0.5, 0.6) is 0 Å². The fraction of sp³-hybridized carbons (Fsp3) is 0.750. The van der Waals surface area contributed by atoms with Gasteiger partial charge in [-0.15, -0.1) is 6.42 Å². The quantitative estimate of drug-likeness (QED) is 0.515. The highest BCUT2D eigenvalue weighted by Gasteiger charge is 2.20. The maximum Gasteiger partial charge on any atom is 0.322 e. The van der Waals surface area contributed by atoms with Gasteiger partial charge in [0, 0.05) is 0 Å². The van der Waals surface area contributed by atoms with Crippen molar-refractivity contribution in [3.05, 3.63) is 0 Å². The number of hydrogen-bond donors (Lipinski definition) is 1. The van der Waals surface area contributed by atoms with Crippen molar-refractivity contribution in [1.29, 1.82) is 0 Å². The lowest BCUT2D eigenvalue weighted by Gasteiger charge is -2.19. The van der Waals surface area contributed by atoms with Gasteiger partial charge in [-0.25, -0.2) is 0 Å². The minimum atomic E-state index is -0.268. The van der Waals surface area contributed by atoms with Crippen LogP contribution in [0.25, 0.3) is 0 Å². The molecule has 0 aromatic heterocycles. The molecule has 0 bridgehead atoms. The second kappa shape index (κ2) is 8.31. The van der Waals surface area contributed by atoms with E-state index in [9.17, 15) is 4.79 Å². The smallest absolute Gasteiger partial charge is 0.322 e. The zero-order valence-corrected chi connectivity index (χ0v) is 9.88. The van der Waals surface area contributed by atoms with Gasteiger partial charge in [0.2, 0.25) is 0 Å². The van der Waals surface area contributed by atoms with Crippen molar-refractivity contribution >= 4 is 5.97 Å². The Morgan fingerprint density at radius 1 is 1.53 bits per heavy atom. The van der Waals surface area contributed by atoms with Gasteiger partial charge >= 0.3 is 5.97 Å². The van der Waals surface area contributed by atoms with E-state index in [1.54, 1.807) is 0 Å². The van der Waals surface area contributed by atoms with Crippen LogP contribution in [0.3, 0.4) is 0 Å². The summed E-state index contributed by atoms with van der Waals surface area (Å²) in [5.74, 6) is 2.39. The Morgan fingerprint density at radius 2 is 2.20 bits per heavy atom. The van der Waals surface area contributed by atoms with Crippen LogP contribution in [-0.2, 0) is 9.53 Å². The van der Waals surface area contributed by atoms with E-state index in [-0.39, 0.29) is 18.1 Å². The Balaban J connectivity index is 4.23. The minimum Gasteiger partial charge on any atom is -0.468 e. The van der Waals surface area contributed by atoms with Gasteiger partial charge in [-0.1, -0.05) is 32.6 Å². The first-order valence-corrected chi connectivity index (χ1v) is 5.49. The summed E-state index contributed by atoms with van der Waals surface area (Å²) in [6.07, 6.45) is 8.98. The largest absolute Gasteiger partial charge is 0.468 e. The van der Waals surface area contributed by atoms with Crippen LogP contribution in [0.2, 0.25) is 0 Å². The maximum absolute atomic E-state index is 11.4. The average molecular weight is 211 g/mol. The topological polar surface area (TPSA) is 38.3 Å². The van der Waals surface area contributed by atoms with Crippen LogP contribution >= 0.6 is 0 Å². The Labute approximate surface area is 92.6 Å². The van der Waals surface area contributed by atoms with Gasteiger partial charge in [-0.2, -0.15) is 0 Å². The third-order valence-electron chi connectivity index (χ3n) is 2.34. The summed E-state index contributed by atoms with van der Waals surface area (Å²) in [4.78, 5) is 11.4. The number of nitrogens with one attached hydrogen (secondary N) is 1. The molecule has 2 unspecified atom stereocenters. The number of terminal acetylenes is 1. The normalized spacial score (nSPS) is 14.0. The third kappa shape index (κ3) is 5.44. The molecule has 0 aromatic carbocycles. The lowest BCUT2D eigenvalue weighted by Crippen LogP contribution is -2.43. The first-order valence-electron chi connectivity index (χ1n) is 5.49. The molecule has 0 rings (SSSR count). The molecule has 0 fully saturated rings. The SMILES string of the molecule is C#CC(CC)NC(CCCC)C(=O)OC. The number of hydrogen-bond acceptors (Lipinski definition) is 3. The molecule has 2 atom stereocenters. The highest BCUT2D eigenvalue weighted by atomic mass is 16.5. The average Bonchev–Trinajstić information content (AvgIpc) is 2.28. The number of esters is 1. The van der Waals surface area contributed by atoms with E-state index in [0.717, 1.165) is 25.7 Å². The lowest BCUT2D eigenvalue weighted by atomic mass is 10.1. The zero-order valence-electron chi connectivity index (χ0n) is 9.88. The summed E-state index contributed by atoms with van der Waals surface area (Å²) in [5.41, 5.74) is 0. The number of ether oxygens (including phenoxy) is 1. The molecule has 0 radical (unpaired) electrons. The summed E-state index contributed by atoms with van der Waals surface area (Å²) in [6.45, 7) is 4.08. The molecule has 0 aliphatic carbocycles. The van der Waals surface area contributed by atoms with Gasteiger partial charge in [-0.3, -0.25) is 10.1 Å². The molecule has 0 saturated carbocycles. The fourth-order valence-corrected chi connectivity index (χ4v) is 1.35. The first kappa shape index (κ1) is 14.0. The van der Waals surface area contributed by atoms with Gasteiger partial charge in [0.15, 0.2) is 0 Å². The summed E-state index contributed by atoms with van der Waals surface area (Å²) >= 11 is 0. The van der Waals surface area contributed by atoms with Crippen LogP contribution < -0.4 is 5.32 Å². The molecule has 0 saturated heterocycles. The van der Waals surface area contributed by atoms with Crippen LogP contribution in [0.1, 0.15) is 39.5 Å². The van der Waals surface area contributed by atoms with Gasteiger partial charge in [0.25, 0.3) is 0 Å². The fourth-order valence-electron chi connectivity index (χ4n) is 1.35. The van der Waals surface area contributed by atoms with Crippen molar-refractivity contribution in [3.63, 3.8) is 0 Å². The van der Waals surface area contributed by atoms with Crippen LogP contribution in [0.4, 0.5) is 0 Å². The predicted molar refractivity (Wildman–Crippen MR) is 61.4 cm³/mol. The standard InChI is InChI=1S/C12H21NO2/c1-5-8-9-11(12(14)15-4)13-10(6-2)7-3/h2,10-11,13H,5,7-9H2,1,3-4H3. The Kier molecular flexibility index (Phi) is 7.75. The van der Waals surface area contributed by atoms with E-state index in [4.69, 9.17) is 11.2 Å². The van der Waals surface area contributed by atoms with Gasteiger partial charge in [0.05, 0.1) is 13.2 Å². The van der Waals surface area contributed by atoms with E-state index in [1.807, 2.05) is 6.92 Å². The van der Waals surface area contributed by atoms with Crippen molar-refractivity contribution in [2.24, 2.45) is 0 Å². The molecule has 1 N–H and O–H groups in total. The number of unbranched alkanes of at least 4 members (excludes halogenated alkanes) is 1. The highest BCUT2D eigenvalue weighted by molar-refractivity contribution is 5.75. The van der Waals surface area contributed by atoms with E-state index < -0.39 is 0 Å². The summed E-state index contributed by atoms with van der Waals surface area (Å²) < 4.78 is 4.73. The van der Waals surface area contributed by atoms with Crippen molar-refractivity contribution in [2.75, 3.05) is 7.11 Å². The van der Waals surface area contributed by atoms with Crippen molar-refractivity contribution in [3.8, 4) is 12.3 Å². The number of carbonyl (C=O) groups is 1. The first-order chi connectivity index (χ1) is 7.19. The molecule has 15 heavy (non-hydrogen) atoms. The second-order valence-electron chi connectivity index (χ2n) is 3.51. The summed E-state index contributed by atoms with van der Waals surface area (Å²) in [7, 11) is 1.40. The molecule has 0 aliphatic rings. The third-order valence-corrected chi connectivity index (χ3v) is 2.34. The molecular formula is C12H21NO2. The Hall–Kier alpha value is -1.01. The monoisotopic (exact) mass is 211 g/mol. The van der Waals surface area contributed by atoms with E-state index in [1.165, 1.54) is 7.11 Å². The van der Waals surface area contributed by atoms with Crippen molar-refractivity contribution in [1.82, 2.24) is 5.32 Å². The molecule has 0 aromatic rings. The van der Waals surface area contributed by atoms with Crippen LogP contribution in [0, 0.1) is 12.3 Å². The van der Waals surface area contributed by atoms with Crippen LogP contribution in [-0.4, -0.2) is 25.2 Å². The molecule has 86 valence electrons. The summed E-state index contributed by atoms with van der Waals surface area (Å²) in [6, 6.07) is -0.318. The summed E-state index contributed by atoms with van der Waals surface area (Å²) in [5, 5.41) is 3.13. The molecule has 0 amide bonds.